The van der Waals surface area contributed by atoms with Gasteiger partial charge in [-0.25, -0.2) is 9.69 Å². The van der Waals surface area contributed by atoms with E-state index in [9.17, 15) is 14.4 Å². The highest BCUT2D eigenvalue weighted by Gasteiger charge is 2.43. The third-order valence-electron chi connectivity index (χ3n) is 6.61. The topological polar surface area (TPSA) is 63.7 Å². The number of piperidine rings is 2. The maximum absolute atomic E-state index is 12.5. The minimum Gasteiger partial charge on any atom is -0.462 e. The van der Waals surface area contributed by atoms with E-state index in [2.05, 4.69) is 7.05 Å². The Morgan fingerprint density at radius 3 is 2.43 bits per heavy atom. The fourth-order valence-corrected chi connectivity index (χ4v) is 5.10. The predicted octanol–water partition coefficient (Wildman–Crippen LogP) is 2.68. The third kappa shape index (κ3) is 3.49. The average molecular weight is 383 g/mol. The van der Waals surface area contributed by atoms with Crippen LogP contribution < -0.4 is 4.90 Å². The van der Waals surface area contributed by atoms with Gasteiger partial charge < -0.3 is 9.22 Å². The zero-order valence-electron chi connectivity index (χ0n) is 16.3. The van der Waals surface area contributed by atoms with Crippen LogP contribution in [-0.2, 0) is 14.3 Å². The van der Waals surface area contributed by atoms with E-state index in [0.29, 0.717) is 29.8 Å². The molecule has 0 spiro atoms. The van der Waals surface area contributed by atoms with E-state index in [-0.39, 0.29) is 17.8 Å². The number of rotatable bonds is 4. The molecule has 3 atom stereocenters. The van der Waals surface area contributed by atoms with Gasteiger partial charge in [-0.2, -0.15) is 0 Å². The van der Waals surface area contributed by atoms with Crippen LogP contribution in [0.15, 0.2) is 36.4 Å². The van der Waals surface area contributed by atoms with Gasteiger partial charge in [0.25, 0.3) is 11.8 Å². The summed E-state index contributed by atoms with van der Waals surface area (Å²) in [5.74, 6) is -0.662. The van der Waals surface area contributed by atoms with Gasteiger partial charge in [0, 0.05) is 24.5 Å². The minimum absolute atomic E-state index is 0.348. The van der Waals surface area contributed by atoms with Crippen LogP contribution in [0.25, 0.3) is 0 Å². The molecule has 3 heterocycles. The first-order chi connectivity index (χ1) is 13.5. The molecule has 0 aliphatic carbocycles. The van der Waals surface area contributed by atoms with Gasteiger partial charge in [-0.05, 0) is 49.9 Å². The summed E-state index contributed by atoms with van der Waals surface area (Å²) < 4.78 is 6.79. The third-order valence-corrected chi connectivity index (χ3v) is 6.61. The predicted molar refractivity (Wildman–Crippen MR) is 105 cm³/mol. The van der Waals surface area contributed by atoms with Crippen LogP contribution in [0.1, 0.15) is 42.5 Å². The monoisotopic (exact) mass is 383 g/mol. The number of anilines is 1. The van der Waals surface area contributed by atoms with E-state index in [4.69, 9.17) is 4.74 Å². The molecule has 1 aromatic carbocycles. The molecule has 2 saturated heterocycles. The van der Waals surface area contributed by atoms with E-state index in [1.165, 1.54) is 50.9 Å². The van der Waals surface area contributed by atoms with Crippen LogP contribution in [0, 0.1) is 5.92 Å². The lowest BCUT2D eigenvalue weighted by atomic mass is 9.82. The summed E-state index contributed by atoms with van der Waals surface area (Å²) in [5.41, 5.74) is 0.895. The number of nitrogens with zero attached hydrogens (tertiary/aromatic N) is 2. The maximum Gasteiger partial charge on any atom is 0.338 e. The molecule has 4 rings (SSSR count). The van der Waals surface area contributed by atoms with E-state index < -0.39 is 0 Å². The van der Waals surface area contributed by atoms with Gasteiger partial charge in [0.05, 0.1) is 37.4 Å². The van der Waals surface area contributed by atoms with E-state index in [1.807, 2.05) is 0 Å². The highest BCUT2D eigenvalue weighted by Crippen LogP contribution is 2.36. The van der Waals surface area contributed by atoms with Crippen molar-refractivity contribution >= 4 is 23.5 Å². The van der Waals surface area contributed by atoms with Gasteiger partial charge in [0.2, 0.25) is 0 Å². The molecule has 0 saturated carbocycles. The number of fused-ring (bicyclic) bond motifs is 1. The summed E-state index contributed by atoms with van der Waals surface area (Å²) in [4.78, 5) is 37.1. The number of esters is 1. The molecule has 6 nitrogen and oxygen atoms in total. The molecule has 0 aromatic heterocycles. The number of ether oxygens (including phenoxy) is 1. The van der Waals surface area contributed by atoms with E-state index in [0.717, 1.165) is 15.8 Å². The number of hydrogen-bond donors (Lipinski definition) is 0. The van der Waals surface area contributed by atoms with E-state index >= 15 is 0 Å². The molecule has 3 aliphatic heterocycles. The molecule has 28 heavy (non-hydrogen) atoms. The molecule has 2 amide bonds. The molecular weight excluding hydrogens is 356 g/mol. The second-order valence-electron chi connectivity index (χ2n) is 8.38. The number of carbonyl (C=O) groups is 3. The average Bonchev–Trinajstić information content (AvgIpc) is 3.03. The maximum atomic E-state index is 12.5. The highest BCUT2D eigenvalue weighted by molar-refractivity contribution is 6.28. The van der Waals surface area contributed by atoms with Crippen molar-refractivity contribution in [3.63, 3.8) is 0 Å². The van der Waals surface area contributed by atoms with Crippen molar-refractivity contribution in [1.29, 1.82) is 0 Å². The quantitative estimate of drug-likeness (QED) is 0.456. The molecule has 0 N–H and O–H groups in total. The molecule has 2 fully saturated rings. The zero-order chi connectivity index (χ0) is 19.7. The summed E-state index contributed by atoms with van der Waals surface area (Å²) >= 11 is 0. The number of carbonyl (C=O) groups excluding carboxylic acids is 3. The summed E-state index contributed by atoms with van der Waals surface area (Å²) in [7, 11) is 2.35. The molecule has 0 bridgehead atoms. The number of benzene rings is 1. The van der Waals surface area contributed by atoms with Crippen molar-refractivity contribution in [3.8, 4) is 0 Å². The molecule has 148 valence electrons. The Balaban J connectivity index is 1.37. The molecule has 0 radical (unpaired) electrons. The fourth-order valence-electron chi connectivity index (χ4n) is 5.10. The number of quaternary nitrogens is 1. The first-order valence-electron chi connectivity index (χ1n) is 10.2. The van der Waals surface area contributed by atoms with Crippen molar-refractivity contribution in [2.45, 2.75) is 38.1 Å². The van der Waals surface area contributed by atoms with Gasteiger partial charge in [0.15, 0.2) is 0 Å². The van der Waals surface area contributed by atoms with Crippen LogP contribution >= 0.6 is 0 Å². The first-order valence-corrected chi connectivity index (χ1v) is 10.2. The van der Waals surface area contributed by atoms with Crippen molar-refractivity contribution in [1.82, 2.24) is 0 Å². The molecular formula is C22H27N2O4+. The standard InChI is InChI=1S/C22H27N2O4/c1-24-13-3-2-6-19(24)17(5-4-14-24)15-28-22(27)16-7-9-18(10-8-16)23-20(25)11-12-21(23)26/h7-12,17,19H,2-6,13-15H2,1H3/q+1/t17-,19-,24?/m1/s1. The van der Waals surface area contributed by atoms with Crippen molar-refractivity contribution < 1.29 is 23.6 Å². The lowest BCUT2D eigenvalue weighted by molar-refractivity contribution is -0.947. The number of hydrogen-bond acceptors (Lipinski definition) is 4. The summed E-state index contributed by atoms with van der Waals surface area (Å²) in [6.45, 7) is 2.94. The second-order valence-corrected chi connectivity index (χ2v) is 8.38. The van der Waals surface area contributed by atoms with Crippen LogP contribution in [0.5, 0.6) is 0 Å². The molecule has 3 aliphatic rings. The Bertz CT molecular complexity index is 794. The van der Waals surface area contributed by atoms with Gasteiger partial charge >= 0.3 is 5.97 Å². The Hall–Kier alpha value is -2.47. The Morgan fingerprint density at radius 2 is 1.71 bits per heavy atom. The first kappa shape index (κ1) is 18.9. The van der Waals surface area contributed by atoms with Crippen LogP contribution in [-0.4, -0.2) is 55.1 Å². The fraction of sp³-hybridized carbons (Fsp3) is 0.500. The molecule has 6 heteroatoms. The molecule has 1 aromatic rings. The lowest BCUT2D eigenvalue weighted by Crippen LogP contribution is -2.61. The largest absolute Gasteiger partial charge is 0.462 e. The van der Waals surface area contributed by atoms with Gasteiger partial charge in [-0.15, -0.1) is 0 Å². The summed E-state index contributed by atoms with van der Waals surface area (Å²) in [6, 6.07) is 7.03. The number of amides is 2. The minimum atomic E-state index is -0.369. The zero-order valence-corrected chi connectivity index (χ0v) is 16.3. The van der Waals surface area contributed by atoms with Gasteiger partial charge in [-0.3, -0.25) is 9.59 Å². The van der Waals surface area contributed by atoms with Crippen molar-refractivity contribution in [2.75, 3.05) is 31.6 Å². The normalized spacial score (nSPS) is 29.7. The Kier molecular flexibility index (Phi) is 5.06. The Labute approximate surface area is 165 Å². The van der Waals surface area contributed by atoms with E-state index in [1.54, 1.807) is 24.3 Å². The number of imide groups is 1. The smallest absolute Gasteiger partial charge is 0.338 e. The van der Waals surface area contributed by atoms with Crippen LogP contribution in [0.4, 0.5) is 5.69 Å². The Morgan fingerprint density at radius 1 is 1.04 bits per heavy atom. The summed E-state index contributed by atoms with van der Waals surface area (Å²) in [5, 5.41) is 0. The highest BCUT2D eigenvalue weighted by atomic mass is 16.5. The van der Waals surface area contributed by atoms with Crippen LogP contribution in [0.2, 0.25) is 0 Å². The van der Waals surface area contributed by atoms with Crippen LogP contribution in [0.3, 0.4) is 0 Å². The lowest BCUT2D eigenvalue weighted by Gasteiger charge is -2.51. The molecule has 1 unspecified atom stereocenters. The van der Waals surface area contributed by atoms with Crippen molar-refractivity contribution in [2.24, 2.45) is 5.92 Å². The summed E-state index contributed by atoms with van der Waals surface area (Å²) in [6.07, 6.45) is 8.58. The second kappa shape index (κ2) is 7.51. The van der Waals surface area contributed by atoms with Gasteiger partial charge in [0.1, 0.15) is 6.61 Å². The SMILES string of the molecule is C[N+]12CCCC[C@@H]1[C@@H](COC(=O)c1ccc(N3C(=O)C=CC3=O)cc1)CCC2. The van der Waals surface area contributed by atoms with Gasteiger partial charge in [-0.1, -0.05) is 0 Å². The van der Waals surface area contributed by atoms with Crippen molar-refractivity contribution in [3.05, 3.63) is 42.0 Å².